The molecule has 0 bridgehead atoms. The smallest absolute Gasteiger partial charge is 0.309 e. The van der Waals surface area contributed by atoms with E-state index in [1.165, 1.54) is 22.9 Å². The van der Waals surface area contributed by atoms with E-state index in [9.17, 15) is 23.5 Å². The molecule has 1 unspecified atom stereocenters. The Morgan fingerprint density at radius 3 is 2.62 bits per heavy atom. The zero-order chi connectivity index (χ0) is 23.6. The van der Waals surface area contributed by atoms with Crippen LogP contribution >= 0.6 is 22.9 Å². The van der Waals surface area contributed by atoms with E-state index < -0.39 is 36.0 Å². The van der Waals surface area contributed by atoms with Crippen molar-refractivity contribution in [1.29, 1.82) is 0 Å². The molecule has 0 saturated carbocycles. The largest absolute Gasteiger partial charge is 0.481 e. The predicted molar refractivity (Wildman–Crippen MR) is 116 cm³/mol. The molecule has 0 aliphatic heterocycles. The second kappa shape index (κ2) is 9.76. The quantitative estimate of drug-likeness (QED) is 0.438. The van der Waals surface area contributed by atoms with Gasteiger partial charge >= 0.3 is 5.97 Å². The van der Waals surface area contributed by atoms with E-state index in [4.69, 9.17) is 16.7 Å². The Morgan fingerprint density at radius 2 is 2.00 bits per heavy atom. The van der Waals surface area contributed by atoms with Crippen LogP contribution in [0.25, 0.3) is 0 Å². The third-order valence-electron chi connectivity index (χ3n) is 4.67. The van der Waals surface area contributed by atoms with Crippen LogP contribution in [0.1, 0.15) is 47.3 Å². The maximum Gasteiger partial charge on any atom is 0.309 e. The van der Waals surface area contributed by atoms with Gasteiger partial charge in [0.1, 0.15) is 21.7 Å². The van der Waals surface area contributed by atoms with Crippen LogP contribution in [0.15, 0.2) is 30.5 Å². The first-order valence-electron chi connectivity index (χ1n) is 9.55. The van der Waals surface area contributed by atoms with Crippen molar-refractivity contribution in [2.45, 2.75) is 32.9 Å². The van der Waals surface area contributed by atoms with Crippen molar-refractivity contribution in [3.05, 3.63) is 68.9 Å². The first-order chi connectivity index (χ1) is 15.0. The molecular formula is C21H20ClF2N3O4S. The van der Waals surface area contributed by atoms with Crippen molar-refractivity contribution in [1.82, 2.24) is 9.55 Å². The van der Waals surface area contributed by atoms with Crippen LogP contribution in [0.2, 0.25) is 4.34 Å². The highest BCUT2D eigenvalue weighted by molar-refractivity contribution is 7.19. The van der Waals surface area contributed by atoms with Crippen molar-refractivity contribution in [3.8, 4) is 0 Å². The van der Waals surface area contributed by atoms with Crippen LogP contribution in [0.5, 0.6) is 0 Å². The standard InChI is InChI=1S/C21H20ClF2N3O4S/c1-10(2)18(30)12-5-16(27(9-12)8-11-3-4-13(23)6-14(11)24)20(31)26-21-25-15(7-17(28)29)19(22)32-21/h3-6,9-10,18,30H,7-8H2,1-2H3,(H,28,29)(H,25,26,31). The van der Waals surface area contributed by atoms with Gasteiger partial charge in [0.25, 0.3) is 5.91 Å². The number of carboxylic acids is 1. The molecule has 11 heteroatoms. The number of aromatic nitrogens is 2. The van der Waals surface area contributed by atoms with Gasteiger partial charge in [-0.1, -0.05) is 42.9 Å². The number of thiazole rings is 1. The molecule has 0 fully saturated rings. The van der Waals surface area contributed by atoms with E-state index in [1.807, 2.05) is 13.8 Å². The zero-order valence-electron chi connectivity index (χ0n) is 17.1. The van der Waals surface area contributed by atoms with Crippen molar-refractivity contribution in [2.75, 3.05) is 5.32 Å². The number of nitrogens with one attached hydrogen (secondary N) is 1. The molecule has 2 aromatic heterocycles. The molecule has 1 amide bonds. The first-order valence-corrected chi connectivity index (χ1v) is 10.7. The molecule has 0 spiro atoms. The lowest BCUT2D eigenvalue weighted by Gasteiger charge is -2.12. The van der Waals surface area contributed by atoms with E-state index >= 15 is 0 Å². The highest BCUT2D eigenvalue weighted by Gasteiger charge is 2.22. The van der Waals surface area contributed by atoms with Gasteiger partial charge in [-0.05, 0) is 23.6 Å². The molecule has 3 rings (SSSR count). The minimum atomic E-state index is -1.11. The Morgan fingerprint density at radius 1 is 1.28 bits per heavy atom. The van der Waals surface area contributed by atoms with Gasteiger partial charge in [0.15, 0.2) is 5.13 Å². The molecule has 7 nitrogen and oxygen atoms in total. The third kappa shape index (κ3) is 5.50. The molecule has 1 atom stereocenters. The van der Waals surface area contributed by atoms with E-state index in [2.05, 4.69) is 10.3 Å². The maximum absolute atomic E-state index is 14.2. The van der Waals surface area contributed by atoms with Gasteiger partial charge in [0, 0.05) is 17.8 Å². The number of carbonyl (C=O) groups excluding carboxylic acids is 1. The minimum absolute atomic E-state index is 0.0808. The number of halogens is 3. The lowest BCUT2D eigenvalue weighted by molar-refractivity contribution is -0.136. The number of carbonyl (C=O) groups is 2. The van der Waals surface area contributed by atoms with Gasteiger partial charge in [0.05, 0.1) is 24.8 Å². The molecule has 3 N–H and O–H groups in total. The summed E-state index contributed by atoms with van der Waals surface area (Å²) in [6, 6.07) is 4.63. The van der Waals surface area contributed by atoms with Gasteiger partial charge in [0.2, 0.25) is 0 Å². The van der Waals surface area contributed by atoms with Crippen LogP contribution in [-0.2, 0) is 17.8 Å². The number of rotatable bonds is 8. The lowest BCUT2D eigenvalue weighted by Crippen LogP contribution is -2.17. The van der Waals surface area contributed by atoms with Gasteiger partial charge in [-0.2, -0.15) is 0 Å². The van der Waals surface area contributed by atoms with Crippen LogP contribution in [0.4, 0.5) is 13.9 Å². The second-order valence-corrected chi connectivity index (χ2v) is 9.08. The van der Waals surface area contributed by atoms with Crippen LogP contribution in [0, 0.1) is 17.6 Å². The summed E-state index contributed by atoms with van der Waals surface area (Å²) >= 11 is 6.91. The van der Waals surface area contributed by atoms with Crippen molar-refractivity contribution < 1.29 is 28.6 Å². The fourth-order valence-electron chi connectivity index (χ4n) is 3.03. The van der Waals surface area contributed by atoms with Crippen molar-refractivity contribution in [3.63, 3.8) is 0 Å². The fraction of sp³-hybridized carbons (Fsp3) is 0.286. The summed E-state index contributed by atoms with van der Waals surface area (Å²) in [5, 5.41) is 22.0. The second-order valence-electron chi connectivity index (χ2n) is 7.48. The number of nitrogens with zero attached hydrogens (tertiary/aromatic N) is 2. The van der Waals surface area contributed by atoms with E-state index in [0.717, 1.165) is 23.5 Å². The highest BCUT2D eigenvalue weighted by atomic mass is 35.5. The number of hydrogen-bond donors (Lipinski definition) is 3. The van der Waals surface area contributed by atoms with E-state index in [0.29, 0.717) is 5.56 Å². The average molecular weight is 484 g/mol. The lowest BCUT2D eigenvalue weighted by atomic mass is 10.0. The maximum atomic E-state index is 14.2. The molecule has 32 heavy (non-hydrogen) atoms. The zero-order valence-corrected chi connectivity index (χ0v) is 18.7. The average Bonchev–Trinajstić information content (AvgIpc) is 3.26. The number of aliphatic carboxylic acids is 1. The molecule has 0 radical (unpaired) electrons. The third-order valence-corrected chi connectivity index (χ3v) is 5.92. The molecule has 1 aromatic carbocycles. The first kappa shape index (κ1) is 23.8. The SMILES string of the molecule is CC(C)C(O)c1cc(C(=O)Nc2nc(CC(=O)O)c(Cl)s2)n(Cc2ccc(F)cc2F)c1. The van der Waals surface area contributed by atoms with Crippen molar-refractivity contribution in [2.24, 2.45) is 5.92 Å². The van der Waals surface area contributed by atoms with Gasteiger partial charge in [-0.3, -0.25) is 14.9 Å². The Kier molecular flexibility index (Phi) is 7.27. The number of amides is 1. The van der Waals surface area contributed by atoms with Gasteiger partial charge in [-0.15, -0.1) is 0 Å². The Hall–Kier alpha value is -2.82. The number of anilines is 1. The summed E-state index contributed by atoms with van der Waals surface area (Å²) in [5.74, 6) is -3.34. The number of aliphatic hydroxyl groups excluding tert-OH is 1. The molecule has 170 valence electrons. The molecule has 0 saturated heterocycles. The summed E-state index contributed by atoms with van der Waals surface area (Å²) in [6.45, 7) is 3.54. The van der Waals surface area contributed by atoms with Crippen LogP contribution in [0.3, 0.4) is 0 Å². The van der Waals surface area contributed by atoms with Gasteiger partial charge < -0.3 is 14.8 Å². The fourth-order valence-corrected chi connectivity index (χ4v) is 4.07. The number of benzene rings is 1. The highest BCUT2D eigenvalue weighted by Crippen LogP contribution is 2.30. The number of carboxylic acid groups (broad SMARTS) is 1. The Balaban J connectivity index is 1.92. The molecule has 0 aliphatic rings. The summed E-state index contributed by atoms with van der Waals surface area (Å²) in [6.07, 6.45) is 0.279. The summed E-state index contributed by atoms with van der Waals surface area (Å²) in [5.41, 5.74) is 0.841. The minimum Gasteiger partial charge on any atom is -0.481 e. The topological polar surface area (TPSA) is 104 Å². The van der Waals surface area contributed by atoms with Gasteiger partial charge in [-0.25, -0.2) is 13.8 Å². The predicted octanol–water partition coefficient (Wildman–Crippen LogP) is 4.49. The number of hydrogen-bond acceptors (Lipinski definition) is 5. The molecule has 3 aromatic rings. The normalized spacial score (nSPS) is 12.2. The Bertz CT molecular complexity index is 1160. The summed E-state index contributed by atoms with van der Waals surface area (Å²) in [4.78, 5) is 27.9. The van der Waals surface area contributed by atoms with Crippen LogP contribution in [-0.4, -0.2) is 31.6 Å². The van der Waals surface area contributed by atoms with E-state index in [1.54, 1.807) is 0 Å². The van der Waals surface area contributed by atoms with E-state index in [-0.39, 0.29) is 38.9 Å². The summed E-state index contributed by atoms with van der Waals surface area (Å²) < 4.78 is 29.0. The Labute approximate surface area is 191 Å². The summed E-state index contributed by atoms with van der Waals surface area (Å²) in [7, 11) is 0. The monoisotopic (exact) mass is 483 g/mol. The molecular weight excluding hydrogens is 464 g/mol. The van der Waals surface area contributed by atoms with Crippen LogP contribution < -0.4 is 5.32 Å². The number of aliphatic hydroxyl groups is 1. The van der Waals surface area contributed by atoms with Crippen molar-refractivity contribution >= 4 is 39.9 Å². The molecule has 2 heterocycles. The molecule has 0 aliphatic carbocycles.